The molecule has 0 atom stereocenters. The Balaban J connectivity index is 1.45. The summed E-state index contributed by atoms with van der Waals surface area (Å²) in [5.74, 6) is 0.390. The normalized spacial score (nSPS) is 16.9. The first kappa shape index (κ1) is 17.2. The van der Waals surface area contributed by atoms with Gasteiger partial charge in [-0.15, -0.1) is 11.8 Å². The highest BCUT2D eigenvalue weighted by molar-refractivity contribution is 8.00. The maximum Gasteiger partial charge on any atom is 0.254 e. The van der Waals surface area contributed by atoms with Crippen LogP contribution < -0.4 is 10.2 Å². The van der Waals surface area contributed by atoms with Crippen molar-refractivity contribution in [1.82, 2.24) is 4.90 Å². The number of amides is 2. The van der Waals surface area contributed by atoms with Gasteiger partial charge < -0.3 is 15.1 Å². The fourth-order valence-electron chi connectivity index (χ4n) is 3.26. The molecule has 134 valence electrons. The summed E-state index contributed by atoms with van der Waals surface area (Å²) < 4.78 is 0. The molecule has 2 aliphatic heterocycles. The minimum Gasteiger partial charge on any atom is -0.367 e. The van der Waals surface area contributed by atoms with E-state index in [9.17, 15) is 9.59 Å². The van der Waals surface area contributed by atoms with Crippen LogP contribution in [0.3, 0.4) is 0 Å². The summed E-state index contributed by atoms with van der Waals surface area (Å²) in [4.78, 5) is 29.5. The van der Waals surface area contributed by atoms with E-state index >= 15 is 0 Å². The zero-order valence-electron chi connectivity index (χ0n) is 14.1. The average Bonchev–Trinajstić information content (AvgIpc) is 2.67. The first-order chi connectivity index (χ1) is 12.6. The summed E-state index contributed by atoms with van der Waals surface area (Å²) in [6, 6.07) is 13.3. The second kappa shape index (κ2) is 7.21. The minimum atomic E-state index is -0.0274. The number of nitrogens with one attached hydrogen (secondary N) is 1. The summed E-state index contributed by atoms with van der Waals surface area (Å²) in [6.45, 7) is 2.77. The smallest absolute Gasteiger partial charge is 0.254 e. The Morgan fingerprint density at radius 3 is 2.62 bits per heavy atom. The molecule has 26 heavy (non-hydrogen) atoms. The quantitative estimate of drug-likeness (QED) is 0.858. The van der Waals surface area contributed by atoms with Crippen molar-refractivity contribution in [3.63, 3.8) is 0 Å². The van der Waals surface area contributed by atoms with Crippen molar-refractivity contribution in [3.05, 3.63) is 53.1 Å². The van der Waals surface area contributed by atoms with Crippen molar-refractivity contribution >= 4 is 46.6 Å². The third-order valence-corrected chi connectivity index (χ3v) is 6.01. The van der Waals surface area contributed by atoms with E-state index in [1.807, 2.05) is 41.3 Å². The van der Waals surface area contributed by atoms with Crippen LogP contribution >= 0.6 is 23.4 Å². The maximum absolute atomic E-state index is 12.8. The fraction of sp³-hybridized carbons (Fsp3) is 0.263. The van der Waals surface area contributed by atoms with Crippen LogP contribution in [-0.4, -0.2) is 48.6 Å². The molecule has 1 N–H and O–H groups in total. The number of nitrogens with zero attached hydrogens (tertiary/aromatic N) is 2. The Morgan fingerprint density at radius 1 is 1.08 bits per heavy atom. The van der Waals surface area contributed by atoms with Gasteiger partial charge in [0.25, 0.3) is 5.91 Å². The van der Waals surface area contributed by atoms with Gasteiger partial charge >= 0.3 is 0 Å². The lowest BCUT2D eigenvalue weighted by Gasteiger charge is -2.36. The minimum absolute atomic E-state index is 0.00330. The lowest BCUT2D eigenvalue weighted by Crippen LogP contribution is -2.48. The number of carbonyl (C=O) groups excluding carboxylic acids is 2. The zero-order chi connectivity index (χ0) is 18.1. The number of fused-ring (bicyclic) bond motifs is 1. The highest BCUT2D eigenvalue weighted by Crippen LogP contribution is 2.32. The van der Waals surface area contributed by atoms with Crippen LogP contribution in [-0.2, 0) is 4.79 Å². The van der Waals surface area contributed by atoms with Gasteiger partial charge in [0.1, 0.15) is 0 Å². The number of hydrogen-bond acceptors (Lipinski definition) is 4. The summed E-state index contributed by atoms with van der Waals surface area (Å²) in [6.07, 6.45) is 0. The van der Waals surface area contributed by atoms with Crippen LogP contribution in [0.15, 0.2) is 47.4 Å². The predicted octanol–water partition coefficient (Wildman–Crippen LogP) is 3.35. The van der Waals surface area contributed by atoms with E-state index in [0.717, 1.165) is 34.4 Å². The van der Waals surface area contributed by atoms with Crippen LogP contribution in [0, 0.1) is 0 Å². The molecule has 2 aromatic carbocycles. The molecule has 2 amide bonds. The fourth-order valence-corrected chi connectivity index (χ4v) is 4.30. The van der Waals surface area contributed by atoms with Crippen LogP contribution in [0.1, 0.15) is 10.4 Å². The molecule has 0 radical (unpaired) electrons. The van der Waals surface area contributed by atoms with Gasteiger partial charge in [-0.2, -0.15) is 0 Å². The van der Waals surface area contributed by atoms with Gasteiger partial charge in [0.15, 0.2) is 0 Å². The number of anilines is 2. The van der Waals surface area contributed by atoms with Gasteiger partial charge in [-0.1, -0.05) is 23.7 Å². The molecule has 0 aliphatic carbocycles. The SMILES string of the molecule is O=C1CSc2ccc(C(=O)N3CCN(c4ccccc4Cl)CC3)cc2N1. The van der Waals surface area contributed by atoms with E-state index in [1.165, 1.54) is 11.8 Å². The van der Waals surface area contributed by atoms with Crippen molar-refractivity contribution in [3.8, 4) is 0 Å². The average molecular weight is 388 g/mol. The van der Waals surface area contributed by atoms with Crippen LogP contribution in [0.25, 0.3) is 0 Å². The number of thioether (sulfide) groups is 1. The second-order valence-electron chi connectivity index (χ2n) is 6.28. The van der Waals surface area contributed by atoms with Gasteiger partial charge in [-0.25, -0.2) is 0 Å². The lowest BCUT2D eigenvalue weighted by molar-refractivity contribution is -0.113. The standard InChI is InChI=1S/C19H18ClN3O2S/c20-14-3-1-2-4-16(14)22-7-9-23(10-8-22)19(25)13-5-6-17-15(11-13)21-18(24)12-26-17/h1-6,11H,7-10,12H2,(H,21,24). The molecule has 2 aromatic rings. The number of para-hydroxylation sites is 1. The molecule has 0 spiro atoms. The van der Waals surface area contributed by atoms with Gasteiger partial charge in [0.05, 0.1) is 22.2 Å². The monoisotopic (exact) mass is 387 g/mol. The van der Waals surface area contributed by atoms with E-state index in [0.29, 0.717) is 24.4 Å². The summed E-state index contributed by atoms with van der Waals surface area (Å²) in [5.41, 5.74) is 2.35. The molecule has 0 aromatic heterocycles. The molecule has 0 saturated carbocycles. The van der Waals surface area contributed by atoms with E-state index in [4.69, 9.17) is 11.6 Å². The topological polar surface area (TPSA) is 52.7 Å². The molecule has 0 unspecified atom stereocenters. The Bertz CT molecular complexity index is 866. The van der Waals surface area contributed by atoms with Gasteiger partial charge in [-0.3, -0.25) is 9.59 Å². The maximum atomic E-state index is 12.8. The molecule has 1 fully saturated rings. The number of halogens is 1. The van der Waals surface area contributed by atoms with E-state index in [-0.39, 0.29) is 11.8 Å². The molecule has 2 heterocycles. The molecule has 7 heteroatoms. The first-order valence-electron chi connectivity index (χ1n) is 8.47. The summed E-state index contributed by atoms with van der Waals surface area (Å²) in [5, 5.41) is 3.57. The van der Waals surface area contributed by atoms with Crippen LogP contribution in [0.5, 0.6) is 0 Å². The summed E-state index contributed by atoms with van der Waals surface area (Å²) >= 11 is 7.77. The molecule has 0 bridgehead atoms. The van der Waals surface area contributed by atoms with Crippen molar-refractivity contribution in [1.29, 1.82) is 0 Å². The molecule has 2 aliphatic rings. The van der Waals surface area contributed by atoms with E-state index in [1.54, 1.807) is 6.07 Å². The van der Waals surface area contributed by atoms with Crippen molar-refractivity contribution in [2.45, 2.75) is 4.90 Å². The number of hydrogen-bond donors (Lipinski definition) is 1. The Hall–Kier alpha value is -2.18. The molecular formula is C19H18ClN3O2S. The Kier molecular flexibility index (Phi) is 4.78. The van der Waals surface area contributed by atoms with E-state index in [2.05, 4.69) is 10.2 Å². The molecule has 4 rings (SSSR count). The van der Waals surface area contributed by atoms with Gasteiger partial charge in [0, 0.05) is 36.6 Å². The molecule has 1 saturated heterocycles. The largest absolute Gasteiger partial charge is 0.367 e. The highest BCUT2D eigenvalue weighted by Gasteiger charge is 2.24. The number of benzene rings is 2. The Morgan fingerprint density at radius 2 is 1.85 bits per heavy atom. The third-order valence-electron chi connectivity index (χ3n) is 4.62. The van der Waals surface area contributed by atoms with Crippen LogP contribution in [0.2, 0.25) is 5.02 Å². The second-order valence-corrected chi connectivity index (χ2v) is 7.70. The van der Waals surface area contributed by atoms with E-state index < -0.39 is 0 Å². The number of carbonyl (C=O) groups is 2. The van der Waals surface area contributed by atoms with Crippen LogP contribution in [0.4, 0.5) is 11.4 Å². The van der Waals surface area contributed by atoms with Gasteiger partial charge in [0.2, 0.25) is 5.91 Å². The highest BCUT2D eigenvalue weighted by atomic mass is 35.5. The summed E-state index contributed by atoms with van der Waals surface area (Å²) in [7, 11) is 0. The Labute approximate surface area is 161 Å². The predicted molar refractivity (Wildman–Crippen MR) is 105 cm³/mol. The first-order valence-corrected chi connectivity index (χ1v) is 9.83. The van der Waals surface area contributed by atoms with Crippen molar-refractivity contribution in [2.24, 2.45) is 0 Å². The lowest BCUT2D eigenvalue weighted by atomic mass is 10.1. The third kappa shape index (κ3) is 3.39. The number of rotatable bonds is 2. The van der Waals surface area contributed by atoms with Crippen molar-refractivity contribution < 1.29 is 9.59 Å². The van der Waals surface area contributed by atoms with Gasteiger partial charge in [-0.05, 0) is 30.3 Å². The molecular weight excluding hydrogens is 370 g/mol. The number of piperazine rings is 1. The van der Waals surface area contributed by atoms with Crippen molar-refractivity contribution in [2.75, 3.05) is 42.1 Å². The molecule has 5 nitrogen and oxygen atoms in total. The zero-order valence-corrected chi connectivity index (χ0v) is 15.6.